The van der Waals surface area contributed by atoms with Crippen molar-refractivity contribution in [2.45, 2.75) is 39.2 Å². The highest BCUT2D eigenvalue weighted by atomic mass is 16.4. The molecule has 1 aromatic heterocycles. The first-order chi connectivity index (χ1) is 11.5. The normalized spacial score (nSPS) is 15.1. The van der Waals surface area contributed by atoms with E-state index >= 15 is 0 Å². The lowest BCUT2D eigenvalue weighted by molar-refractivity contribution is -0.137. The number of hydrogen-bond acceptors (Lipinski definition) is 4. The maximum atomic E-state index is 11.6. The number of nitrogens with one attached hydrogen (secondary N) is 2. The van der Waals surface area contributed by atoms with Crippen LogP contribution in [0.5, 0.6) is 0 Å². The number of carboxylic acids is 1. The molecule has 0 spiro atoms. The van der Waals surface area contributed by atoms with Crippen LogP contribution in [0.4, 0.5) is 10.6 Å². The van der Waals surface area contributed by atoms with Gasteiger partial charge in [0.25, 0.3) is 0 Å². The average Bonchev–Trinajstić information content (AvgIpc) is 2.58. The van der Waals surface area contributed by atoms with E-state index in [4.69, 9.17) is 5.11 Å². The van der Waals surface area contributed by atoms with E-state index in [-0.39, 0.29) is 12.5 Å². The van der Waals surface area contributed by atoms with Gasteiger partial charge in [-0.25, -0.2) is 9.78 Å². The third-order valence-corrected chi connectivity index (χ3v) is 4.22. The number of anilines is 1. The quantitative estimate of drug-likeness (QED) is 0.663. The molecule has 1 fully saturated rings. The van der Waals surface area contributed by atoms with Gasteiger partial charge in [-0.1, -0.05) is 13.0 Å². The van der Waals surface area contributed by atoms with E-state index < -0.39 is 5.97 Å². The van der Waals surface area contributed by atoms with Gasteiger partial charge in [-0.05, 0) is 36.8 Å². The zero-order valence-corrected chi connectivity index (χ0v) is 14.1. The molecular weight excluding hydrogens is 308 g/mol. The van der Waals surface area contributed by atoms with Crippen molar-refractivity contribution >= 4 is 17.8 Å². The summed E-state index contributed by atoms with van der Waals surface area (Å²) in [5.74, 6) is 0.925. The number of amides is 2. The molecule has 0 aliphatic carbocycles. The second kappa shape index (κ2) is 9.10. The Morgan fingerprint density at radius 3 is 2.67 bits per heavy atom. The second-order valence-electron chi connectivity index (χ2n) is 6.30. The third-order valence-electron chi connectivity index (χ3n) is 4.22. The van der Waals surface area contributed by atoms with Gasteiger partial charge in [-0.2, -0.15) is 0 Å². The fourth-order valence-electron chi connectivity index (χ4n) is 2.63. The number of hydrogen-bond donors (Lipinski definition) is 3. The Kier molecular flexibility index (Phi) is 6.84. The summed E-state index contributed by atoms with van der Waals surface area (Å²) in [6.45, 7) is 5.12. The molecule has 0 aromatic carbocycles. The van der Waals surface area contributed by atoms with Gasteiger partial charge in [0, 0.05) is 38.8 Å². The average molecular weight is 334 g/mol. The van der Waals surface area contributed by atoms with Crippen LogP contribution >= 0.6 is 0 Å². The summed E-state index contributed by atoms with van der Waals surface area (Å²) < 4.78 is 0. The maximum Gasteiger partial charge on any atom is 0.315 e. The smallest absolute Gasteiger partial charge is 0.315 e. The minimum atomic E-state index is -0.855. The summed E-state index contributed by atoms with van der Waals surface area (Å²) in [5, 5.41) is 13.9. The van der Waals surface area contributed by atoms with Gasteiger partial charge in [0.05, 0.1) is 0 Å². The Morgan fingerprint density at radius 1 is 1.29 bits per heavy atom. The second-order valence-corrected chi connectivity index (χ2v) is 6.30. The van der Waals surface area contributed by atoms with Crippen LogP contribution in [0.15, 0.2) is 18.3 Å². The highest BCUT2D eigenvalue weighted by Gasteiger charge is 2.16. The lowest BCUT2D eigenvalue weighted by Crippen LogP contribution is -2.35. The Bertz CT molecular complexity index is 539. The van der Waals surface area contributed by atoms with Crippen LogP contribution < -0.4 is 15.5 Å². The molecule has 3 N–H and O–H groups in total. The highest BCUT2D eigenvalue weighted by molar-refractivity contribution is 5.73. The fourth-order valence-corrected chi connectivity index (χ4v) is 2.63. The number of carbonyl (C=O) groups excluding carboxylic acids is 1. The van der Waals surface area contributed by atoms with Crippen LogP contribution in [0.2, 0.25) is 0 Å². The first kappa shape index (κ1) is 18.0. The summed E-state index contributed by atoms with van der Waals surface area (Å²) in [4.78, 5) is 28.8. The van der Waals surface area contributed by atoms with Crippen molar-refractivity contribution in [3.63, 3.8) is 0 Å². The Labute approximate surface area is 142 Å². The van der Waals surface area contributed by atoms with E-state index in [0.717, 1.165) is 30.4 Å². The van der Waals surface area contributed by atoms with E-state index in [0.29, 0.717) is 19.5 Å². The largest absolute Gasteiger partial charge is 0.481 e. The maximum absolute atomic E-state index is 11.6. The Balaban J connectivity index is 1.69. The number of aliphatic carboxylic acids is 1. The van der Waals surface area contributed by atoms with Crippen molar-refractivity contribution < 1.29 is 14.7 Å². The predicted octanol–water partition coefficient (Wildman–Crippen LogP) is 1.98. The molecule has 2 rings (SSSR count). The van der Waals surface area contributed by atoms with Gasteiger partial charge in [0.2, 0.25) is 0 Å². The molecule has 1 aliphatic heterocycles. The number of aromatic nitrogens is 1. The lowest BCUT2D eigenvalue weighted by Gasteiger charge is -2.31. The minimum absolute atomic E-state index is 0.0565. The summed E-state index contributed by atoms with van der Waals surface area (Å²) >= 11 is 0. The molecule has 1 aromatic rings. The molecule has 2 amide bonds. The van der Waals surface area contributed by atoms with Crippen molar-refractivity contribution in [1.82, 2.24) is 15.6 Å². The first-order valence-corrected chi connectivity index (χ1v) is 8.48. The van der Waals surface area contributed by atoms with Gasteiger partial charge in [0.1, 0.15) is 5.82 Å². The fraction of sp³-hybridized carbons (Fsp3) is 0.588. The van der Waals surface area contributed by atoms with Gasteiger partial charge in [-0.3, -0.25) is 4.79 Å². The minimum Gasteiger partial charge on any atom is -0.481 e. The molecule has 132 valence electrons. The van der Waals surface area contributed by atoms with Crippen molar-refractivity contribution in [2.24, 2.45) is 5.92 Å². The van der Waals surface area contributed by atoms with Crippen LogP contribution in [0, 0.1) is 5.92 Å². The van der Waals surface area contributed by atoms with E-state index in [9.17, 15) is 9.59 Å². The summed E-state index contributed by atoms with van der Waals surface area (Å²) in [7, 11) is 0. The number of pyridine rings is 1. The van der Waals surface area contributed by atoms with E-state index in [1.165, 1.54) is 12.8 Å². The van der Waals surface area contributed by atoms with Crippen molar-refractivity contribution in [1.29, 1.82) is 0 Å². The van der Waals surface area contributed by atoms with Crippen LogP contribution in [0.1, 0.15) is 38.2 Å². The molecule has 0 saturated carbocycles. The number of carbonyl (C=O) groups is 2. The third kappa shape index (κ3) is 6.06. The zero-order valence-electron chi connectivity index (χ0n) is 14.1. The molecule has 0 unspecified atom stereocenters. The van der Waals surface area contributed by atoms with Crippen LogP contribution in [-0.4, -0.2) is 41.7 Å². The van der Waals surface area contributed by atoms with Crippen molar-refractivity contribution in [3.05, 3.63) is 23.9 Å². The number of carboxylic acid groups (broad SMARTS) is 1. The number of rotatable bonds is 7. The molecular formula is C17H26N4O3. The lowest BCUT2D eigenvalue weighted by atomic mass is 9.99. The molecule has 1 aliphatic rings. The molecule has 7 nitrogen and oxygen atoms in total. The Hall–Kier alpha value is -2.31. The van der Waals surface area contributed by atoms with E-state index in [1.807, 2.05) is 12.1 Å². The molecule has 0 bridgehead atoms. The van der Waals surface area contributed by atoms with Crippen LogP contribution in [0.3, 0.4) is 0 Å². The van der Waals surface area contributed by atoms with Gasteiger partial charge >= 0.3 is 12.0 Å². The summed E-state index contributed by atoms with van der Waals surface area (Å²) in [6.07, 6.45) is 4.67. The Morgan fingerprint density at radius 2 is 2.04 bits per heavy atom. The molecule has 0 atom stereocenters. The predicted molar refractivity (Wildman–Crippen MR) is 92.0 cm³/mol. The SMILES string of the molecule is CC1CCN(c2ccc(CNC(=O)NCCCC(=O)O)cn2)CC1. The van der Waals surface area contributed by atoms with Gasteiger partial charge in [-0.15, -0.1) is 0 Å². The number of nitrogens with zero attached hydrogens (tertiary/aromatic N) is 2. The van der Waals surface area contributed by atoms with Crippen LogP contribution in [-0.2, 0) is 11.3 Å². The first-order valence-electron chi connectivity index (χ1n) is 8.48. The van der Waals surface area contributed by atoms with Gasteiger partial charge < -0.3 is 20.6 Å². The summed E-state index contributed by atoms with van der Waals surface area (Å²) in [5.41, 5.74) is 0.935. The summed E-state index contributed by atoms with van der Waals surface area (Å²) in [6, 6.07) is 3.68. The van der Waals surface area contributed by atoms with E-state index in [1.54, 1.807) is 6.20 Å². The molecule has 7 heteroatoms. The molecule has 0 radical (unpaired) electrons. The standard InChI is InChI=1S/C17H26N4O3/c1-13-6-9-21(10-7-13)15-5-4-14(11-19-15)12-20-17(24)18-8-2-3-16(22)23/h4-5,11,13H,2-3,6-10,12H2,1H3,(H,22,23)(H2,18,20,24). The van der Waals surface area contributed by atoms with Crippen LogP contribution in [0.25, 0.3) is 0 Å². The highest BCUT2D eigenvalue weighted by Crippen LogP contribution is 2.21. The van der Waals surface area contributed by atoms with Crippen molar-refractivity contribution in [2.75, 3.05) is 24.5 Å². The van der Waals surface area contributed by atoms with Crippen molar-refractivity contribution in [3.8, 4) is 0 Å². The topological polar surface area (TPSA) is 94.6 Å². The van der Waals surface area contributed by atoms with Gasteiger partial charge in [0.15, 0.2) is 0 Å². The number of urea groups is 1. The molecule has 24 heavy (non-hydrogen) atoms. The monoisotopic (exact) mass is 334 g/mol. The number of piperidine rings is 1. The molecule has 1 saturated heterocycles. The van der Waals surface area contributed by atoms with E-state index in [2.05, 4.69) is 27.4 Å². The molecule has 2 heterocycles. The zero-order chi connectivity index (χ0) is 17.4.